The number of thioether (sulfide) groups is 1. The van der Waals surface area contributed by atoms with E-state index in [1.165, 1.54) is 23.1 Å². The topological polar surface area (TPSA) is 64.1 Å². The molecule has 1 aliphatic carbocycles. The summed E-state index contributed by atoms with van der Waals surface area (Å²) in [7, 11) is 0. The zero-order chi connectivity index (χ0) is 12.3. The molecule has 0 atom stereocenters. The fraction of sp³-hybridized carbons (Fsp3) is 0.700. The number of nitrogens with one attached hydrogen (secondary N) is 1. The number of rotatable bonds is 6. The molecule has 0 spiro atoms. The summed E-state index contributed by atoms with van der Waals surface area (Å²) in [5.74, 6) is 0.464. The third-order valence-electron chi connectivity index (χ3n) is 1.99. The first-order valence-electron chi connectivity index (χ1n) is 5.56. The maximum atomic E-state index is 11.4. The summed E-state index contributed by atoms with van der Waals surface area (Å²) < 4.78 is 6.18. The van der Waals surface area contributed by atoms with Crippen LogP contribution in [0.25, 0.3) is 0 Å². The molecule has 0 bridgehead atoms. The van der Waals surface area contributed by atoms with E-state index >= 15 is 0 Å². The number of carbonyl (C=O) groups is 1. The third-order valence-corrected chi connectivity index (χ3v) is 3.94. The van der Waals surface area contributed by atoms with Gasteiger partial charge in [0.05, 0.1) is 11.9 Å². The Labute approximate surface area is 108 Å². The molecule has 1 aliphatic rings. The van der Waals surface area contributed by atoms with E-state index < -0.39 is 0 Å². The maximum Gasteiger partial charge on any atom is 0.295 e. The summed E-state index contributed by atoms with van der Waals surface area (Å²) in [6.45, 7) is 3.88. The quantitative estimate of drug-likeness (QED) is 0.799. The molecule has 0 aromatic carbocycles. The minimum Gasteiger partial charge on any atom is -0.466 e. The van der Waals surface area contributed by atoms with Crippen molar-refractivity contribution in [1.29, 1.82) is 0 Å². The van der Waals surface area contributed by atoms with Crippen molar-refractivity contribution in [1.82, 2.24) is 15.5 Å². The highest BCUT2D eigenvalue weighted by Gasteiger charge is 2.23. The molecular formula is C10H15N3O2S2. The van der Waals surface area contributed by atoms with Gasteiger partial charge in [0.2, 0.25) is 5.91 Å². The van der Waals surface area contributed by atoms with Crippen molar-refractivity contribution in [3.63, 3.8) is 0 Å². The standard InChI is InChI=1S/C10H15N3O2S2/c1-6(2)15-9-12-13-10(17-9)16-5-8(14)11-7-3-4-7/h6-7H,3-5H2,1-2H3,(H,11,14). The maximum absolute atomic E-state index is 11.4. The summed E-state index contributed by atoms with van der Waals surface area (Å²) in [6, 6.07) is 0.414. The second-order valence-electron chi connectivity index (χ2n) is 4.13. The number of ether oxygens (including phenoxy) is 1. The summed E-state index contributed by atoms with van der Waals surface area (Å²) >= 11 is 2.78. The van der Waals surface area contributed by atoms with Gasteiger partial charge in [0, 0.05) is 6.04 Å². The Hall–Kier alpha value is -0.820. The number of hydrogen-bond acceptors (Lipinski definition) is 6. The first-order valence-corrected chi connectivity index (χ1v) is 7.36. The van der Waals surface area contributed by atoms with Gasteiger partial charge in [-0.2, -0.15) is 0 Å². The molecule has 7 heteroatoms. The Balaban J connectivity index is 1.74. The summed E-state index contributed by atoms with van der Waals surface area (Å²) in [5, 5.41) is 11.4. The molecule has 0 unspecified atom stereocenters. The van der Waals surface area contributed by atoms with Gasteiger partial charge in [-0.15, -0.1) is 5.10 Å². The normalized spacial score (nSPS) is 15.0. The molecule has 1 fully saturated rings. The molecule has 1 N–H and O–H groups in total. The lowest BCUT2D eigenvalue weighted by Gasteiger charge is -2.02. The number of aromatic nitrogens is 2. The van der Waals surface area contributed by atoms with Crippen LogP contribution in [0.4, 0.5) is 0 Å². The van der Waals surface area contributed by atoms with E-state index in [1.807, 2.05) is 13.8 Å². The lowest BCUT2D eigenvalue weighted by molar-refractivity contribution is -0.118. The monoisotopic (exact) mass is 273 g/mol. The Kier molecular flexibility index (Phi) is 4.22. The van der Waals surface area contributed by atoms with Gasteiger partial charge in [-0.25, -0.2) is 0 Å². The van der Waals surface area contributed by atoms with Crippen LogP contribution in [-0.2, 0) is 4.79 Å². The first kappa shape index (κ1) is 12.6. The molecule has 2 rings (SSSR count). The average molecular weight is 273 g/mol. The van der Waals surface area contributed by atoms with E-state index in [1.54, 1.807) is 0 Å². The van der Waals surface area contributed by atoms with E-state index in [0.29, 0.717) is 17.0 Å². The zero-order valence-electron chi connectivity index (χ0n) is 9.80. The molecule has 94 valence electrons. The Morgan fingerprint density at radius 2 is 2.35 bits per heavy atom. The van der Waals surface area contributed by atoms with Crippen molar-refractivity contribution < 1.29 is 9.53 Å². The van der Waals surface area contributed by atoms with Crippen molar-refractivity contribution in [2.45, 2.75) is 43.2 Å². The summed E-state index contributed by atoms with van der Waals surface area (Å²) in [5.41, 5.74) is 0. The fourth-order valence-corrected chi connectivity index (χ4v) is 2.75. The fourth-order valence-electron chi connectivity index (χ4n) is 1.13. The largest absolute Gasteiger partial charge is 0.466 e. The second-order valence-corrected chi connectivity index (χ2v) is 6.29. The number of carbonyl (C=O) groups excluding carboxylic acids is 1. The van der Waals surface area contributed by atoms with E-state index in [4.69, 9.17) is 4.74 Å². The van der Waals surface area contributed by atoms with Gasteiger partial charge in [0.25, 0.3) is 5.19 Å². The van der Waals surface area contributed by atoms with Crippen LogP contribution in [0.3, 0.4) is 0 Å². The molecule has 0 saturated heterocycles. The van der Waals surface area contributed by atoms with Crippen molar-refractivity contribution in [3.05, 3.63) is 0 Å². The average Bonchev–Trinajstić information content (AvgIpc) is 2.94. The van der Waals surface area contributed by atoms with E-state index in [0.717, 1.165) is 17.2 Å². The number of amides is 1. The third kappa shape index (κ3) is 4.51. The van der Waals surface area contributed by atoms with Crippen LogP contribution in [-0.4, -0.2) is 34.0 Å². The first-order chi connectivity index (χ1) is 8.13. The van der Waals surface area contributed by atoms with Crippen LogP contribution in [0.2, 0.25) is 0 Å². The summed E-state index contributed by atoms with van der Waals surface area (Å²) in [4.78, 5) is 11.4. The van der Waals surface area contributed by atoms with Gasteiger partial charge in [-0.3, -0.25) is 4.79 Å². The van der Waals surface area contributed by atoms with E-state index in [-0.39, 0.29) is 12.0 Å². The van der Waals surface area contributed by atoms with Crippen molar-refractivity contribution in [2.24, 2.45) is 0 Å². The van der Waals surface area contributed by atoms with Crippen LogP contribution in [0.15, 0.2) is 4.34 Å². The van der Waals surface area contributed by atoms with Crippen LogP contribution < -0.4 is 10.1 Å². The molecule has 5 nitrogen and oxygen atoms in total. The van der Waals surface area contributed by atoms with Gasteiger partial charge in [0.15, 0.2) is 4.34 Å². The molecule has 1 saturated carbocycles. The van der Waals surface area contributed by atoms with E-state index in [9.17, 15) is 4.79 Å². The van der Waals surface area contributed by atoms with Crippen molar-refractivity contribution in [2.75, 3.05) is 5.75 Å². The van der Waals surface area contributed by atoms with E-state index in [2.05, 4.69) is 15.5 Å². The van der Waals surface area contributed by atoms with Gasteiger partial charge in [-0.1, -0.05) is 16.9 Å². The highest BCUT2D eigenvalue weighted by molar-refractivity contribution is 8.01. The van der Waals surface area contributed by atoms with Gasteiger partial charge < -0.3 is 10.1 Å². The Morgan fingerprint density at radius 3 is 3.00 bits per heavy atom. The molecule has 1 amide bonds. The molecule has 1 aromatic rings. The van der Waals surface area contributed by atoms with Crippen LogP contribution >= 0.6 is 23.1 Å². The van der Waals surface area contributed by atoms with Crippen molar-refractivity contribution >= 4 is 29.0 Å². The highest BCUT2D eigenvalue weighted by Crippen LogP contribution is 2.27. The lowest BCUT2D eigenvalue weighted by Crippen LogP contribution is -2.26. The number of hydrogen-bond donors (Lipinski definition) is 1. The lowest BCUT2D eigenvalue weighted by atomic mass is 10.5. The molecule has 1 aromatic heterocycles. The van der Waals surface area contributed by atoms with Crippen molar-refractivity contribution in [3.8, 4) is 5.19 Å². The van der Waals surface area contributed by atoms with Crippen LogP contribution in [0.5, 0.6) is 5.19 Å². The minimum atomic E-state index is 0.0685. The van der Waals surface area contributed by atoms with Crippen LogP contribution in [0, 0.1) is 0 Å². The Bertz CT molecular complexity index is 391. The van der Waals surface area contributed by atoms with Gasteiger partial charge >= 0.3 is 0 Å². The zero-order valence-corrected chi connectivity index (χ0v) is 11.4. The second kappa shape index (κ2) is 5.68. The predicted molar refractivity (Wildman–Crippen MR) is 67.6 cm³/mol. The smallest absolute Gasteiger partial charge is 0.295 e. The molecule has 1 heterocycles. The highest BCUT2D eigenvalue weighted by atomic mass is 32.2. The summed E-state index contributed by atoms with van der Waals surface area (Å²) in [6.07, 6.45) is 2.32. The van der Waals surface area contributed by atoms with Gasteiger partial charge in [-0.05, 0) is 38.0 Å². The molecule has 0 aliphatic heterocycles. The number of nitrogens with zero attached hydrogens (tertiary/aromatic N) is 2. The predicted octanol–water partition coefficient (Wildman–Crippen LogP) is 1.70. The SMILES string of the molecule is CC(C)Oc1nnc(SCC(=O)NC2CC2)s1. The van der Waals surface area contributed by atoms with Crippen LogP contribution in [0.1, 0.15) is 26.7 Å². The molecule has 0 radical (unpaired) electrons. The van der Waals surface area contributed by atoms with Gasteiger partial charge in [0.1, 0.15) is 0 Å². The minimum absolute atomic E-state index is 0.0685. The Morgan fingerprint density at radius 1 is 1.59 bits per heavy atom. The molecular weight excluding hydrogens is 258 g/mol. The molecule has 17 heavy (non-hydrogen) atoms.